The number of hydrogen-bond donors (Lipinski definition) is 2. The minimum Gasteiger partial charge on any atom is -0.494 e. The number of hydrogen-bond acceptors (Lipinski definition) is 4. The predicted molar refractivity (Wildman–Crippen MR) is 114 cm³/mol. The molecule has 156 valence electrons. The molecule has 0 heterocycles. The van der Waals surface area contributed by atoms with Gasteiger partial charge in [0, 0.05) is 11.3 Å². The molecule has 3 aromatic carbocycles. The van der Waals surface area contributed by atoms with Gasteiger partial charge in [-0.15, -0.1) is 0 Å². The van der Waals surface area contributed by atoms with Crippen LogP contribution in [0.1, 0.15) is 22.8 Å². The summed E-state index contributed by atoms with van der Waals surface area (Å²) in [4.78, 5) is 12.6. The van der Waals surface area contributed by atoms with Gasteiger partial charge in [-0.2, -0.15) is 0 Å². The Hall–Kier alpha value is -3.39. The van der Waals surface area contributed by atoms with E-state index < -0.39 is 21.7 Å². The number of amides is 1. The number of ether oxygens (including phenoxy) is 1. The number of anilines is 2. The van der Waals surface area contributed by atoms with Crippen LogP contribution in [-0.4, -0.2) is 20.9 Å². The van der Waals surface area contributed by atoms with Gasteiger partial charge in [-0.25, -0.2) is 12.8 Å². The van der Waals surface area contributed by atoms with Gasteiger partial charge in [-0.05, 0) is 67.9 Å². The number of aryl methyl sites for hydroxylation is 1. The number of halogens is 1. The molecule has 0 bridgehead atoms. The van der Waals surface area contributed by atoms with Crippen LogP contribution in [0.15, 0.2) is 71.6 Å². The van der Waals surface area contributed by atoms with Crippen molar-refractivity contribution in [1.29, 1.82) is 0 Å². The van der Waals surface area contributed by atoms with E-state index in [-0.39, 0.29) is 16.1 Å². The van der Waals surface area contributed by atoms with Gasteiger partial charge in [-0.1, -0.05) is 18.2 Å². The summed E-state index contributed by atoms with van der Waals surface area (Å²) in [7, 11) is -4.08. The van der Waals surface area contributed by atoms with E-state index in [0.717, 1.165) is 6.07 Å². The van der Waals surface area contributed by atoms with Crippen molar-refractivity contribution in [2.24, 2.45) is 0 Å². The van der Waals surface area contributed by atoms with Gasteiger partial charge in [0.2, 0.25) is 0 Å². The van der Waals surface area contributed by atoms with Crippen LogP contribution in [0.3, 0.4) is 0 Å². The number of para-hydroxylation sites is 1. The Morgan fingerprint density at radius 2 is 1.73 bits per heavy atom. The molecule has 0 aromatic heterocycles. The van der Waals surface area contributed by atoms with Gasteiger partial charge in [0.25, 0.3) is 15.9 Å². The zero-order valence-corrected chi connectivity index (χ0v) is 17.3. The first kappa shape index (κ1) is 21.3. The van der Waals surface area contributed by atoms with E-state index in [0.29, 0.717) is 23.6 Å². The highest BCUT2D eigenvalue weighted by Gasteiger charge is 2.19. The highest BCUT2D eigenvalue weighted by molar-refractivity contribution is 7.92. The molecule has 0 aliphatic carbocycles. The molecule has 30 heavy (non-hydrogen) atoms. The fraction of sp³-hybridized carbons (Fsp3) is 0.136. The van der Waals surface area contributed by atoms with E-state index in [2.05, 4.69) is 10.0 Å². The average molecular weight is 428 g/mol. The third-order valence-corrected chi connectivity index (χ3v) is 5.67. The van der Waals surface area contributed by atoms with E-state index in [1.54, 1.807) is 31.2 Å². The van der Waals surface area contributed by atoms with Gasteiger partial charge < -0.3 is 10.1 Å². The molecular weight excluding hydrogens is 407 g/mol. The lowest BCUT2D eigenvalue weighted by Gasteiger charge is -2.12. The second-order valence-corrected chi connectivity index (χ2v) is 8.16. The lowest BCUT2D eigenvalue weighted by atomic mass is 10.1. The smallest absolute Gasteiger partial charge is 0.262 e. The molecule has 8 heteroatoms. The Kier molecular flexibility index (Phi) is 6.37. The third-order valence-electron chi connectivity index (χ3n) is 4.31. The molecule has 6 nitrogen and oxygen atoms in total. The normalized spacial score (nSPS) is 11.0. The predicted octanol–water partition coefficient (Wildman–Crippen LogP) is 4.59. The quantitative estimate of drug-likeness (QED) is 0.577. The summed E-state index contributed by atoms with van der Waals surface area (Å²) in [5.74, 6) is -0.472. The van der Waals surface area contributed by atoms with Gasteiger partial charge in [0.05, 0.1) is 17.2 Å². The van der Waals surface area contributed by atoms with E-state index in [1.165, 1.54) is 36.4 Å². The standard InChI is InChI=1S/C22H21FN2O4S/c1-3-29-17-11-9-16(10-12-17)24-22(26)19-14-18(13-8-15(19)2)30(27,28)25-21-7-5-4-6-20(21)23/h4-14,25H,3H2,1-2H3,(H,24,26). The van der Waals surface area contributed by atoms with E-state index in [9.17, 15) is 17.6 Å². The molecule has 0 saturated heterocycles. The molecule has 0 aliphatic rings. The Bertz CT molecular complexity index is 1160. The Labute approximate surface area is 174 Å². The van der Waals surface area contributed by atoms with Gasteiger partial charge >= 0.3 is 0 Å². The van der Waals surface area contributed by atoms with E-state index in [4.69, 9.17) is 4.74 Å². The highest BCUT2D eigenvalue weighted by atomic mass is 32.2. The van der Waals surface area contributed by atoms with Crippen LogP contribution in [0, 0.1) is 12.7 Å². The second-order valence-electron chi connectivity index (χ2n) is 6.47. The van der Waals surface area contributed by atoms with E-state index >= 15 is 0 Å². The number of carbonyl (C=O) groups excluding carboxylic acids is 1. The zero-order chi connectivity index (χ0) is 21.7. The largest absolute Gasteiger partial charge is 0.494 e. The molecule has 3 aromatic rings. The van der Waals surface area contributed by atoms with Crippen molar-refractivity contribution < 1.29 is 22.3 Å². The summed E-state index contributed by atoms with van der Waals surface area (Å²) < 4.78 is 46.7. The first-order chi connectivity index (χ1) is 14.3. The summed E-state index contributed by atoms with van der Waals surface area (Å²) in [6, 6.07) is 16.5. The summed E-state index contributed by atoms with van der Waals surface area (Å²) in [5.41, 5.74) is 1.17. The Morgan fingerprint density at radius 1 is 1.03 bits per heavy atom. The van der Waals surface area contributed by atoms with E-state index in [1.807, 2.05) is 6.92 Å². The third kappa shape index (κ3) is 4.96. The Morgan fingerprint density at radius 3 is 2.40 bits per heavy atom. The molecule has 2 N–H and O–H groups in total. The molecule has 0 atom stereocenters. The van der Waals surface area contributed by atoms with Crippen LogP contribution < -0.4 is 14.8 Å². The molecule has 0 spiro atoms. The fourth-order valence-electron chi connectivity index (χ4n) is 2.76. The van der Waals surface area contributed by atoms with Crippen molar-refractivity contribution in [3.63, 3.8) is 0 Å². The Balaban J connectivity index is 1.83. The molecule has 0 radical (unpaired) electrons. The monoisotopic (exact) mass is 428 g/mol. The average Bonchev–Trinajstić information content (AvgIpc) is 2.71. The number of rotatable bonds is 7. The van der Waals surface area contributed by atoms with Gasteiger partial charge in [-0.3, -0.25) is 9.52 Å². The van der Waals surface area contributed by atoms with Crippen LogP contribution in [0.25, 0.3) is 0 Å². The number of benzene rings is 3. The maximum Gasteiger partial charge on any atom is 0.262 e. The maximum atomic E-state index is 13.8. The van der Waals surface area contributed by atoms with Crippen LogP contribution in [-0.2, 0) is 10.0 Å². The molecular formula is C22H21FN2O4S. The van der Waals surface area contributed by atoms with Crippen LogP contribution >= 0.6 is 0 Å². The molecule has 0 fully saturated rings. The molecule has 1 amide bonds. The maximum absolute atomic E-state index is 13.8. The number of sulfonamides is 1. The number of nitrogens with one attached hydrogen (secondary N) is 2. The van der Waals surface area contributed by atoms with Crippen molar-refractivity contribution in [3.05, 3.63) is 83.7 Å². The fourth-order valence-corrected chi connectivity index (χ4v) is 3.85. The topological polar surface area (TPSA) is 84.5 Å². The highest BCUT2D eigenvalue weighted by Crippen LogP contribution is 2.22. The summed E-state index contributed by atoms with van der Waals surface area (Å²) >= 11 is 0. The summed E-state index contributed by atoms with van der Waals surface area (Å²) in [6.07, 6.45) is 0. The molecule has 0 saturated carbocycles. The molecule has 3 rings (SSSR count). The first-order valence-corrected chi connectivity index (χ1v) is 10.7. The molecule has 0 unspecified atom stereocenters. The van der Waals surface area contributed by atoms with Crippen LogP contribution in [0.5, 0.6) is 5.75 Å². The van der Waals surface area contributed by atoms with Crippen molar-refractivity contribution in [3.8, 4) is 5.75 Å². The SMILES string of the molecule is CCOc1ccc(NC(=O)c2cc(S(=O)(=O)Nc3ccccc3F)ccc2C)cc1. The zero-order valence-electron chi connectivity index (χ0n) is 16.5. The minimum atomic E-state index is -4.08. The van der Waals surface area contributed by atoms with Gasteiger partial charge in [0.15, 0.2) is 0 Å². The second kappa shape index (κ2) is 8.96. The minimum absolute atomic E-state index is 0.145. The van der Waals surface area contributed by atoms with Crippen molar-refractivity contribution in [2.75, 3.05) is 16.6 Å². The lowest BCUT2D eigenvalue weighted by molar-refractivity contribution is 0.102. The lowest BCUT2D eigenvalue weighted by Crippen LogP contribution is -2.17. The van der Waals surface area contributed by atoms with Crippen molar-refractivity contribution >= 4 is 27.3 Å². The van der Waals surface area contributed by atoms with Crippen molar-refractivity contribution in [2.45, 2.75) is 18.7 Å². The summed E-state index contributed by atoms with van der Waals surface area (Å²) in [5, 5.41) is 2.74. The summed E-state index contributed by atoms with van der Waals surface area (Å²) in [6.45, 7) is 4.11. The first-order valence-electron chi connectivity index (χ1n) is 9.22. The molecule has 0 aliphatic heterocycles. The van der Waals surface area contributed by atoms with Crippen LogP contribution in [0.2, 0.25) is 0 Å². The number of carbonyl (C=O) groups is 1. The van der Waals surface area contributed by atoms with Gasteiger partial charge in [0.1, 0.15) is 11.6 Å². The van der Waals surface area contributed by atoms with Crippen molar-refractivity contribution in [1.82, 2.24) is 0 Å². The van der Waals surface area contributed by atoms with Crippen LogP contribution in [0.4, 0.5) is 15.8 Å².